The summed E-state index contributed by atoms with van der Waals surface area (Å²) < 4.78 is 20.6. The monoisotopic (exact) mass is 410 g/mol. The summed E-state index contributed by atoms with van der Waals surface area (Å²) in [6, 6.07) is 6.65. The minimum atomic E-state index is -0.486. The van der Waals surface area contributed by atoms with Crippen LogP contribution in [0.4, 0.5) is 10.1 Å². The molecule has 30 heavy (non-hydrogen) atoms. The van der Waals surface area contributed by atoms with Crippen molar-refractivity contribution in [3.05, 3.63) is 48.2 Å². The lowest BCUT2D eigenvalue weighted by molar-refractivity contribution is 0.102. The average Bonchev–Trinajstić information content (AvgIpc) is 3.16. The Kier molecular flexibility index (Phi) is 5.70. The number of pyridine rings is 1. The predicted octanol–water partition coefficient (Wildman–Crippen LogP) is 5.22. The maximum Gasteiger partial charge on any atom is 0.274 e. The number of carbonyl (C=O) groups is 1. The van der Waals surface area contributed by atoms with Crippen LogP contribution in [0, 0.1) is 17.7 Å². The van der Waals surface area contributed by atoms with E-state index in [2.05, 4.69) is 28.8 Å². The number of aromatic nitrogens is 3. The van der Waals surface area contributed by atoms with Gasteiger partial charge in [-0.05, 0) is 55.7 Å². The molecule has 1 N–H and O–H groups in total. The first kappa shape index (κ1) is 20.3. The molecular formula is C23H27FN4O2. The molecule has 1 saturated carbocycles. The van der Waals surface area contributed by atoms with E-state index >= 15 is 0 Å². The van der Waals surface area contributed by atoms with E-state index in [1.54, 1.807) is 7.11 Å². The highest BCUT2D eigenvalue weighted by Crippen LogP contribution is 2.37. The van der Waals surface area contributed by atoms with Crippen molar-refractivity contribution in [2.45, 2.75) is 45.6 Å². The van der Waals surface area contributed by atoms with Gasteiger partial charge in [0.05, 0.1) is 30.6 Å². The van der Waals surface area contributed by atoms with Crippen molar-refractivity contribution in [2.24, 2.45) is 11.8 Å². The fourth-order valence-corrected chi connectivity index (χ4v) is 4.25. The Labute approximate surface area is 175 Å². The Bertz CT molecular complexity index is 1040. The largest absolute Gasteiger partial charge is 0.494 e. The van der Waals surface area contributed by atoms with Crippen LogP contribution in [0.1, 0.15) is 56.1 Å². The molecule has 1 fully saturated rings. The fourth-order valence-electron chi connectivity index (χ4n) is 4.25. The molecule has 1 aromatic carbocycles. The van der Waals surface area contributed by atoms with Crippen molar-refractivity contribution in [1.29, 1.82) is 0 Å². The van der Waals surface area contributed by atoms with Gasteiger partial charge in [-0.15, -0.1) is 0 Å². The summed E-state index contributed by atoms with van der Waals surface area (Å²) in [5.74, 6) is 1.14. The molecule has 7 heteroatoms. The van der Waals surface area contributed by atoms with Gasteiger partial charge in [0, 0.05) is 17.6 Å². The molecule has 0 unspecified atom stereocenters. The SMILES string of the molecule is COc1cc2nn([C@H]3CC[C@H](C(C)C)CC3)cc2cc1NC(=O)c1ccc(F)cn1. The van der Waals surface area contributed by atoms with Crippen LogP contribution in [0.2, 0.25) is 0 Å². The summed E-state index contributed by atoms with van der Waals surface area (Å²) in [6.45, 7) is 4.60. The van der Waals surface area contributed by atoms with Crippen LogP contribution < -0.4 is 10.1 Å². The van der Waals surface area contributed by atoms with Crippen LogP contribution >= 0.6 is 0 Å². The van der Waals surface area contributed by atoms with Gasteiger partial charge in [0.2, 0.25) is 0 Å². The third-order valence-corrected chi connectivity index (χ3v) is 6.11. The van der Waals surface area contributed by atoms with Gasteiger partial charge in [-0.1, -0.05) is 13.8 Å². The van der Waals surface area contributed by atoms with E-state index in [-0.39, 0.29) is 5.69 Å². The van der Waals surface area contributed by atoms with E-state index < -0.39 is 11.7 Å². The lowest BCUT2D eigenvalue weighted by atomic mass is 9.80. The van der Waals surface area contributed by atoms with Crippen molar-refractivity contribution in [3.63, 3.8) is 0 Å². The number of halogens is 1. The molecule has 0 saturated heterocycles. The molecule has 6 nitrogen and oxygen atoms in total. The standard InChI is InChI=1S/C23H27FN4O2/c1-14(2)15-4-7-18(8-5-15)28-13-16-10-21(22(30-3)11-20(16)27-28)26-23(29)19-9-6-17(24)12-25-19/h6,9-15,18H,4-5,7-8H2,1-3H3,(H,26,29)/t15-,18-. The minimum Gasteiger partial charge on any atom is -0.494 e. The summed E-state index contributed by atoms with van der Waals surface area (Å²) in [7, 11) is 1.55. The molecule has 1 aliphatic carbocycles. The van der Waals surface area contributed by atoms with Crippen LogP contribution in [0.5, 0.6) is 5.75 Å². The molecule has 0 bridgehead atoms. The van der Waals surface area contributed by atoms with Crippen LogP contribution in [0.3, 0.4) is 0 Å². The number of rotatable bonds is 5. The second kappa shape index (κ2) is 8.42. The molecule has 4 rings (SSSR count). The number of benzene rings is 1. The number of ether oxygens (including phenoxy) is 1. The van der Waals surface area contributed by atoms with E-state index in [1.807, 2.05) is 18.3 Å². The topological polar surface area (TPSA) is 69.0 Å². The van der Waals surface area contributed by atoms with Gasteiger partial charge in [-0.2, -0.15) is 5.10 Å². The number of hydrogen-bond acceptors (Lipinski definition) is 4. The summed E-state index contributed by atoms with van der Waals surface area (Å²) in [5, 5.41) is 8.52. The number of hydrogen-bond donors (Lipinski definition) is 1. The summed E-state index contributed by atoms with van der Waals surface area (Å²) in [5.41, 5.74) is 1.50. The van der Waals surface area contributed by atoms with E-state index in [0.29, 0.717) is 17.5 Å². The molecule has 158 valence electrons. The minimum absolute atomic E-state index is 0.135. The Balaban J connectivity index is 1.56. The van der Waals surface area contributed by atoms with Gasteiger partial charge < -0.3 is 10.1 Å². The lowest BCUT2D eigenvalue weighted by Gasteiger charge is -2.30. The van der Waals surface area contributed by atoms with Crippen molar-refractivity contribution < 1.29 is 13.9 Å². The first-order valence-electron chi connectivity index (χ1n) is 10.4. The molecule has 0 radical (unpaired) electrons. The highest BCUT2D eigenvalue weighted by Gasteiger charge is 2.25. The molecule has 2 aromatic heterocycles. The number of anilines is 1. The van der Waals surface area contributed by atoms with Crippen LogP contribution in [0.15, 0.2) is 36.7 Å². The van der Waals surface area contributed by atoms with Gasteiger partial charge in [0.1, 0.15) is 17.3 Å². The molecule has 2 heterocycles. The quantitative estimate of drug-likeness (QED) is 0.626. The zero-order chi connectivity index (χ0) is 21.3. The summed E-state index contributed by atoms with van der Waals surface area (Å²) in [6.07, 6.45) is 7.79. The summed E-state index contributed by atoms with van der Waals surface area (Å²) >= 11 is 0. The van der Waals surface area contributed by atoms with Gasteiger partial charge in [-0.3, -0.25) is 9.48 Å². The highest BCUT2D eigenvalue weighted by molar-refractivity contribution is 6.05. The molecule has 0 atom stereocenters. The number of methoxy groups -OCH3 is 1. The van der Waals surface area contributed by atoms with Crippen molar-refractivity contribution in [3.8, 4) is 5.75 Å². The zero-order valence-electron chi connectivity index (χ0n) is 17.6. The smallest absolute Gasteiger partial charge is 0.274 e. The van der Waals surface area contributed by atoms with Crippen molar-refractivity contribution in [2.75, 3.05) is 12.4 Å². The van der Waals surface area contributed by atoms with Crippen LogP contribution in [-0.4, -0.2) is 27.8 Å². The molecular weight excluding hydrogens is 383 g/mol. The number of amides is 1. The number of nitrogens with one attached hydrogen (secondary N) is 1. The fraction of sp³-hybridized carbons (Fsp3) is 0.435. The van der Waals surface area contributed by atoms with Gasteiger partial charge >= 0.3 is 0 Å². The summed E-state index contributed by atoms with van der Waals surface area (Å²) in [4.78, 5) is 16.3. The van der Waals surface area contributed by atoms with Gasteiger partial charge in [0.25, 0.3) is 5.91 Å². The zero-order valence-corrected chi connectivity index (χ0v) is 17.6. The Hall–Kier alpha value is -2.96. The van der Waals surface area contributed by atoms with Crippen molar-refractivity contribution >= 4 is 22.5 Å². The van der Waals surface area contributed by atoms with Crippen LogP contribution in [0.25, 0.3) is 10.9 Å². The maximum atomic E-state index is 13.1. The average molecular weight is 410 g/mol. The van der Waals surface area contributed by atoms with E-state index in [0.717, 1.165) is 41.8 Å². The Morgan fingerprint density at radius 2 is 2.00 bits per heavy atom. The molecule has 3 aromatic rings. The molecule has 0 aliphatic heterocycles. The third-order valence-electron chi connectivity index (χ3n) is 6.11. The number of carbonyl (C=O) groups excluding carboxylic acids is 1. The first-order valence-corrected chi connectivity index (χ1v) is 10.4. The van der Waals surface area contributed by atoms with E-state index in [1.165, 1.54) is 25.0 Å². The van der Waals surface area contributed by atoms with Crippen LogP contribution in [-0.2, 0) is 0 Å². The van der Waals surface area contributed by atoms with Gasteiger partial charge in [0.15, 0.2) is 0 Å². The highest BCUT2D eigenvalue weighted by atomic mass is 19.1. The Morgan fingerprint density at radius 1 is 1.23 bits per heavy atom. The second-order valence-corrected chi connectivity index (χ2v) is 8.35. The predicted molar refractivity (Wildman–Crippen MR) is 114 cm³/mol. The number of fused-ring (bicyclic) bond motifs is 1. The normalized spacial score (nSPS) is 19.2. The second-order valence-electron chi connectivity index (χ2n) is 8.35. The van der Waals surface area contributed by atoms with E-state index in [4.69, 9.17) is 9.84 Å². The first-order chi connectivity index (χ1) is 14.4. The third kappa shape index (κ3) is 4.15. The van der Waals surface area contributed by atoms with Crippen molar-refractivity contribution in [1.82, 2.24) is 14.8 Å². The molecule has 1 amide bonds. The maximum absolute atomic E-state index is 13.1. The van der Waals surface area contributed by atoms with Gasteiger partial charge in [-0.25, -0.2) is 9.37 Å². The Morgan fingerprint density at radius 3 is 2.63 bits per heavy atom. The molecule has 1 aliphatic rings. The lowest BCUT2D eigenvalue weighted by Crippen LogP contribution is -2.21. The molecule has 0 spiro atoms. The van der Waals surface area contributed by atoms with E-state index in [9.17, 15) is 9.18 Å². The number of nitrogens with zero attached hydrogens (tertiary/aromatic N) is 3.